The fraction of sp³-hybridized carbons (Fsp3) is 0.429. The summed E-state index contributed by atoms with van der Waals surface area (Å²) in [6.07, 6.45) is 0. The molecule has 0 saturated carbocycles. The summed E-state index contributed by atoms with van der Waals surface area (Å²) in [4.78, 5) is 23.1. The summed E-state index contributed by atoms with van der Waals surface area (Å²) in [7, 11) is -0.858. The zero-order valence-corrected chi connectivity index (χ0v) is 14.9. The van der Waals surface area contributed by atoms with Crippen molar-refractivity contribution in [1.29, 1.82) is 0 Å². The lowest BCUT2D eigenvalue weighted by atomic mass is 10.2. The topological polar surface area (TPSA) is 92.8 Å². The average Bonchev–Trinajstić information content (AvgIpc) is 2.46. The third-order valence-electron chi connectivity index (χ3n) is 2.81. The second-order valence-electron chi connectivity index (χ2n) is 5.24. The molecule has 0 aliphatic heterocycles. The van der Waals surface area contributed by atoms with Gasteiger partial charge in [0.05, 0.1) is 21.5 Å². The number of amides is 1. The van der Waals surface area contributed by atoms with Crippen LogP contribution in [-0.2, 0) is 24.3 Å². The van der Waals surface area contributed by atoms with Crippen LogP contribution in [0.2, 0.25) is 5.02 Å². The number of anilines is 1. The molecule has 7 nitrogen and oxygen atoms in total. The molecule has 0 aliphatic rings. The Morgan fingerprint density at radius 3 is 2.43 bits per heavy atom. The average molecular weight is 363 g/mol. The van der Waals surface area contributed by atoms with Crippen LogP contribution in [0.5, 0.6) is 0 Å². The molecule has 0 unspecified atom stereocenters. The molecule has 0 spiro atoms. The fourth-order valence-corrected chi connectivity index (χ4v) is 2.55. The molecule has 0 radical (unpaired) electrons. The van der Waals surface area contributed by atoms with Crippen LogP contribution in [0.25, 0.3) is 0 Å². The van der Waals surface area contributed by atoms with Gasteiger partial charge < -0.3 is 10.1 Å². The van der Waals surface area contributed by atoms with Crippen LogP contribution in [0.15, 0.2) is 23.1 Å². The number of nitrogens with zero attached hydrogens (tertiary/aromatic N) is 1. The van der Waals surface area contributed by atoms with Gasteiger partial charge in [0, 0.05) is 14.1 Å². The molecule has 0 heterocycles. The minimum Gasteiger partial charge on any atom is -0.455 e. The number of halogens is 1. The smallest absolute Gasteiger partial charge is 0.308 e. The summed E-state index contributed by atoms with van der Waals surface area (Å²) in [5.41, 5.74) is 0.125. The van der Waals surface area contributed by atoms with Gasteiger partial charge in [0.25, 0.3) is 5.91 Å². The molecule has 0 fully saturated rings. The second-order valence-corrected chi connectivity index (χ2v) is 7.80. The molecule has 1 aromatic carbocycles. The molecule has 0 bridgehead atoms. The van der Waals surface area contributed by atoms with Gasteiger partial charge in [-0.05, 0) is 18.2 Å². The van der Waals surface area contributed by atoms with Gasteiger partial charge in [-0.1, -0.05) is 25.4 Å². The van der Waals surface area contributed by atoms with Crippen molar-refractivity contribution in [2.75, 3.05) is 26.0 Å². The summed E-state index contributed by atoms with van der Waals surface area (Å²) in [6.45, 7) is 2.82. The van der Waals surface area contributed by atoms with Crippen molar-refractivity contribution in [2.45, 2.75) is 18.7 Å². The Bertz CT molecular complexity index is 701. The Kier molecular flexibility index (Phi) is 6.55. The van der Waals surface area contributed by atoms with E-state index >= 15 is 0 Å². The van der Waals surface area contributed by atoms with E-state index in [-0.39, 0.29) is 21.5 Å². The van der Waals surface area contributed by atoms with E-state index in [0.29, 0.717) is 0 Å². The van der Waals surface area contributed by atoms with Gasteiger partial charge in [-0.2, -0.15) is 0 Å². The SMILES string of the molecule is CC(C)C(=O)OCC(=O)Nc1cc(S(=O)(=O)N(C)C)ccc1Cl. The Labute approximate surface area is 140 Å². The first-order valence-corrected chi connectivity index (χ1v) is 8.56. The number of hydrogen-bond acceptors (Lipinski definition) is 5. The molecular formula is C14H19ClN2O5S. The van der Waals surface area contributed by atoms with Crippen LogP contribution in [-0.4, -0.2) is 45.3 Å². The molecule has 0 aliphatic carbocycles. The number of sulfonamides is 1. The highest BCUT2D eigenvalue weighted by atomic mass is 35.5. The van der Waals surface area contributed by atoms with Gasteiger partial charge in [-0.3, -0.25) is 9.59 Å². The summed E-state index contributed by atoms with van der Waals surface area (Å²) in [5, 5.41) is 2.60. The van der Waals surface area contributed by atoms with Crippen molar-refractivity contribution in [3.63, 3.8) is 0 Å². The summed E-state index contributed by atoms with van der Waals surface area (Å²) >= 11 is 5.95. The number of carbonyl (C=O) groups excluding carboxylic acids is 2. The molecule has 23 heavy (non-hydrogen) atoms. The number of rotatable bonds is 6. The largest absolute Gasteiger partial charge is 0.455 e. The number of benzene rings is 1. The van der Waals surface area contributed by atoms with Crippen molar-refractivity contribution < 1.29 is 22.7 Å². The Balaban J connectivity index is 2.89. The maximum absolute atomic E-state index is 12.1. The molecule has 128 valence electrons. The molecule has 0 saturated heterocycles. The minimum atomic E-state index is -3.65. The van der Waals surface area contributed by atoms with E-state index < -0.39 is 28.5 Å². The van der Waals surface area contributed by atoms with E-state index in [9.17, 15) is 18.0 Å². The van der Waals surface area contributed by atoms with E-state index in [1.54, 1.807) is 13.8 Å². The Morgan fingerprint density at radius 1 is 1.30 bits per heavy atom. The summed E-state index contributed by atoms with van der Waals surface area (Å²) in [6, 6.07) is 3.96. The maximum Gasteiger partial charge on any atom is 0.308 e. The lowest BCUT2D eigenvalue weighted by Crippen LogP contribution is -2.24. The normalized spacial score (nSPS) is 11.6. The first-order chi connectivity index (χ1) is 10.6. The van der Waals surface area contributed by atoms with Crippen LogP contribution >= 0.6 is 11.6 Å². The first-order valence-electron chi connectivity index (χ1n) is 6.74. The number of hydrogen-bond donors (Lipinski definition) is 1. The molecule has 1 rings (SSSR count). The Morgan fingerprint density at radius 2 is 1.91 bits per heavy atom. The van der Waals surface area contributed by atoms with E-state index in [0.717, 1.165) is 4.31 Å². The number of esters is 1. The highest BCUT2D eigenvalue weighted by Crippen LogP contribution is 2.26. The van der Waals surface area contributed by atoms with Gasteiger partial charge >= 0.3 is 5.97 Å². The van der Waals surface area contributed by atoms with Crippen LogP contribution in [0.3, 0.4) is 0 Å². The highest BCUT2D eigenvalue weighted by molar-refractivity contribution is 7.89. The van der Waals surface area contributed by atoms with Gasteiger partial charge in [-0.15, -0.1) is 0 Å². The third kappa shape index (κ3) is 5.19. The van der Waals surface area contributed by atoms with Crippen molar-refractivity contribution >= 4 is 39.2 Å². The monoisotopic (exact) mass is 362 g/mol. The van der Waals surface area contributed by atoms with Crippen LogP contribution < -0.4 is 5.32 Å². The van der Waals surface area contributed by atoms with E-state index in [1.165, 1.54) is 32.3 Å². The van der Waals surface area contributed by atoms with Gasteiger partial charge in [0.1, 0.15) is 0 Å². The quantitative estimate of drug-likeness (QED) is 0.778. The molecule has 1 N–H and O–H groups in total. The zero-order chi connectivity index (χ0) is 17.8. The second kappa shape index (κ2) is 7.76. The van der Waals surface area contributed by atoms with Crippen molar-refractivity contribution in [3.8, 4) is 0 Å². The van der Waals surface area contributed by atoms with Gasteiger partial charge in [0.2, 0.25) is 10.0 Å². The van der Waals surface area contributed by atoms with Crippen LogP contribution in [0.4, 0.5) is 5.69 Å². The van der Waals surface area contributed by atoms with E-state index in [2.05, 4.69) is 5.32 Å². The number of ether oxygens (including phenoxy) is 1. The zero-order valence-electron chi connectivity index (χ0n) is 13.3. The highest BCUT2D eigenvalue weighted by Gasteiger charge is 2.19. The number of carbonyl (C=O) groups is 2. The molecular weight excluding hydrogens is 344 g/mol. The van der Waals surface area contributed by atoms with Crippen molar-refractivity contribution in [2.24, 2.45) is 5.92 Å². The van der Waals surface area contributed by atoms with Gasteiger partial charge in [-0.25, -0.2) is 12.7 Å². The van der Waals surface area contributed by atoms with E-state index in [1.807, 2.05) is 0 Å². The molecule has 9 heteroatoms. The Hall–Kier alpha value is -1.64. The lowest BCUT2D eigenvalue weighted by Gasteiger charge is -2.14. The molecule has 0 aromatic heterocycles. The predicted molar refractivity (Wildman–Crippen MR) is 86.8 cm³/mol. The number of nitrogens with one attached hydrogen (secondary N) is 1. The fourth-order valence-electron chi connectivity index (χ4n) is 1.46. The maximum atomic E-state index is 12.1. The molecule has 1 amide bonds. The summed E-state index contributed by atoms with van der Waals surface area (Å²) in [5.74, 6) is -1.46. The third-order valence-corrected chi connectivity index (χ3v) is 4.95. The van der Waals surface area contributed by atoms with E-state index in [4.69, 9.17) is 16.3 Å². The first kappa shape index (κ1) is 19.4. The van der Waals surface area contributed by atoms with Crippen molar-refractivity contribution in [3.05, 3.63) is 23.2 Å². The van der Waals surface area contributed by atoms with Crippen LogP contribution in [0, 0.1) is 5.92 Å². The minimum absolute atomic E-state index is 0.0126. The molecule has 1 aromatic rings. The van der Waals surface area contributed by atoms with Crippen molar-refractivity contribution in [1.82, 2.24) is 4.31 Å². The molecule has 0 atom stereocenters. The summed E-state index contributed by atoms with van der Waals surface area (Å²) < 4.78 is 30.0. The van der Waals surface area contributed by atoms with Gasteiger partial charge in [0.15, 0.2) is 6.61 Å². The predicted octanol–water partition coefficient (Wildman–Crippen LogP) is 1.73. The standard InChI is InChI=1S/C14H19ClN2O5S/c1-9(2)14(19)22-8-13(18)16-12-7-10(5-6-11(12)15)23(20,21)17(3)4/h5-7,9H,8H2,1-4H3,(H,16,18). The van der Waals surface area contributed by atoms with Crippen LogP contribution in [0.1, 0.15) is 13.8 Å². The lowest BCUT2D eigenvalue weighted by molar-refractivity contribution is -0.150.